The van der Waals surface area contributed by atoms with Gasteiger partial charge in [-0.25, -0.2) is 4.39 Å². The molecule has 4 heteroatoms. The molecule has 0 atom stereocenters. The van der Waals surface area contributed by atoms with Crippen LogP contribution in [0.5, 0.6) is 0 Å². The van der Waals surface area contributed by atoms with E-state index < -0.39 is 0 Å². The number of nitrogens with zero attached hydrogens (tertiary/aromatic N) is 1. The van der Waals surface area contributed by atoms with Crippen molar-refractivity contribution in [3.05, 3.63) is 107 Å². The Morgan fingerprint density at radius 3 is 2.57 bits per heavy atom. The second-order valence-electron chi connectivity index (χ2n) is 6.95. The lowest BCUT2D eigenvalue weighted by Gasteiger charge is -2.06. The molecule has 4 rings (SSSR count). The first-order valence-electron chi connectivity index (χ1n) is 9.46. The molecule has 0 saturated heterocycles. The number of aromatic nitrogens is 1. The molecule has 1 N–H and O–H groups in total. The van der Waals surface area contributed by atoms with E-state index in [2.05, 4.69) is 46.4 Å². The Morgan fingerprint density at radius 1 is 0.893 bits per heavy atom. The molecule has 0 bridgehead atoms. The largest absolute Gasteiger partial charge is 0.343 e. The number of benzene rings is 3. The van der Waals surface area contributed by atoms with E-state index in [1.54, 1.807) is 6.07 Å². The lowest BCUT2D eigenvalue weighted by molar-refractivity contribution is 0.598. The summed E-state index contributed by atoms with van der Waals surface area (Å²) < 4.78 is 16.0. The fraction of sp³-hybridized carbons (Fsp3) is 0.167. The third-order valence-corrected chi connectivity index (χ3v) is 5.19. The molecule has 28 heavy (non-hydrogen) atoms. The summed E-state index contributed by atoms with van der Waals surface area (Å²) in [5.74, 6) is -0.137. The molecule has 0 unspecified atom stereocenters. The van der Waals surface area contributed by atoms with Crippen molar-refractivity contribution in [3.63, 3.8) is 0 Å². The second-order valence-corrected chi connectivity index (χ2v) is 7.38. The Morgan fingerprint density at radius 2 is 1.71 bits per heavy atom. The van der Waals surface area contributed by atoms with Crippen LogP contribution in [0, 0.1) is 5.82 Å². The van der Waals surface area contributed by atoms with Gasteiger partial charge in [-0.1, -0.05) is 60.1 Å². The zero-order chi connectivity index (χ0) is 19.3. The molecule has 1 aromatic heterocycles. The highest BCUT2D eigenvalue weighted by Crippen LogP contribution is 2.23. The second kappa shape index (κ2) is 8.59. The molecular formula is C24H22ClFN2. The number of hydrogen-bond donors (Lipinski definition) is 1. The van der Waals surface area contributed by atoms with Gasteiger partial charge in [0.25, 0.3) is 0 Å². The van der Waals surface area contributed by atoms with Crippen LogP contribution in [0.1, 0.15) is 16.7 Å². The van der Waals surface area contributed by atoms with Crippen LogP contribution in [0.4, 0.5) is 4.39 Å². The van der Waals surface area contributed by atoms with Gasteiger partial charge in [-0.05, 0) is 53.9 Å². The average molecular weight is 393 g/mol. The van der Waals surface area contributed by atoms with Gasteiger partial charge < -0.3 is 9.88 Å². The average Bonchev–Trinajstić information content (AvgIpc) is 3.04. The van der Waals surface area contributed by atoms with Crippen molar-refractivity contribution in [2.24, 2.45) is 0 Å². The number of nitrogens with one attached hydrogen (secondary N) is 1. The first kappa shape index (κ1) is 18.7. The van der Waals surface area contributed by atoms with Gasteiger partial charge in [-0.2, -0.15) is 0 Å². The summed E-state index contributed by atoms with van der Waals surface area (Å²) >= 11 is 6.13. The quantitative estimate of drug-likeness (QED) is 0.392. The van der Waals surface area contributed by atoms with Crippen molar-refractivity contribution in [2.75, 3.05) is 6.54 Å². The lowest BCUT2D eigenvalue weighted by atomic mass is 10.1. The van der Waals surface area contributed by atoms with Gasteiger partial charge in [0.05, 0.1) is 0 Å². The maximum atomic E-state index is 13.7. The maximum absolute atomic E-state index is 13.7. The van der Waals surface area contributed by atoms with E-state index >= 15 is 0 Å². The summed E-state index contributed by atoms with van der Waals surface area (Å²) in [5.41, 5.74) is 4.37. The van der Waals surface area contributed by atoms with Crippen LogP contribution >= 0.6 is 11.6 Å². The molecule has 0 radical (unpaired) electrons. The third-order valence-electron chi connectivity index (χ3n) is 4.96. The summed E-state index contributed by atoms with van der Waals surface area (Å²) in [6, 6.07) is 23.3. The number of hydrogen-bond acceptors (Lipinski definition) is 1. The van der Waals surface area contributed by atoms with E-state index in [-0.39, 0.29) is 5.82 Å². The highest BCUT2D eigenvalue weighted by Gasteiger charge is 2.09. The SMILES string of the molecule is Fc1ccccc1CCNCc1cn(Cc2cccc(Cl)c2)c2ccccc12. The van der Waals surface area contributed by atoms with Gasteiger partial charge in [0.2, 0.25) is 0 Å². The van der Waals surface area contributed by atoms with Crippen molar-refractivity contribution in [1.29, 1.82) is 0 Å². The zero-order valence-electron chi connectivity index (χ0n) is 15.5. The highest BCUT2D eigenvalue weighted by molar-refractivity contribution is 6.30. The van der Waals surface area contributed by atoms with E-state index in [1.165, 1.54) is 28.1 Å². The van der Waals surface area contributed by atoms with E-state index in [9.17, 15) is 4.39 Å². The van der Waals surface area contributed by atoms with Crippen LogP contribution in [0.3, 0.4) is 0 Å². The first-order chi connectivity index (χ1) is 13.7. The standard InChI is InChI=1S/C24H22ClFN2/c25-21-8-5-6-18(14-21)16-28-17-20(22-9-2-4-11-24(22)28)15-27-13-12-19-7-1-3-10-23(19)26/h1-11,14,17,27H,12-13,15-16H2. The Balaban J connectivity index is 1.47. The van der Waals surface area contributed by atoms with Crippen molar-refractivity contribution in [1.82, 2.24) is 9.88 Å². The van der Waals surface area contributed by atoms with Gasteiger partial charge in [-0.15, -0.1) is 0 Å². The Kier molecular flexibility index (Phi) is 5.75. The molecule has 4 aromatic rings. The fourth-order valence-corrected chi connectivity index (χ4v) is 3.79. The van der Waals surface area contributed by atoms with Crippen LogP contribution in [-0.4, -0.2) is 11.1 Å². The number of rotatable bonds is 7. The molecule has 0 spiro atoms. The van der Waals surface area contributed by atoms with Crippen LogP contribution in [0.2, 0.25) is 5.02 Å². The summed E-state index contributed by atoms with van der Waals surface area (Å²) in [4.78, 5) is 0. The normalized spacial score (nSPS) is 11.2. The van der Waals surface area contributed by atoms with Crippen LogP contribution in [0.25, 0.3) is 10.9 Å². The molecule has 0 aliphatic rings. The predicted octanol–water partition coefficient (Wildman–Crippen LogP) is 5.81. The molecule has 0 aliphatic carbocycles. The Bertz CT molecular complexity index is 1090. The van der Waals surface area contributed by atoms with Crippen molar-refractivity contribution in [3.8, 4) is 0 Å². The lowest BCUT2D eigenvalue weighted by Crippen LogP contribution is -2.17. The number of fused-ring (bicyclic) bond motifs is 1. The molecule has 0 saturated carbocycles. The number of halogens is 2. The topological polar surface area (TPSA) is 17.0 Å². The van der Waals surface area contributed by atoms with E-state index in [1.807, 2.05) is 30.3 Å². The van der Waals surface area contributed by atoms with Crippen molar-refractivity contribution < 1.29 is 4.39 Å². The molecule has 1 heterocycles. The molecule has 142 valence electrons. The Labute approximate surface area is 169 Å². The third kappa shape index (κ3) is 4.27. The van der Waals surface area contributed by atoms with Crippen LogP contribution < -0.4 is 5.32 Å². The van der Waals surface area contributed by atoms with Crippen LogP contribution in [-0.2, 0) is 19.5 Å². The van der Waals surface area contributed by atoms with Gasteiger partial charge in [-0.3, -0.25) is 0 Å². The molecule has 0 amide bonds. The smallest absolute Gasteiger partial charge is 0.126 e. The predicted molar refractivity (Wildman–Crippen MR) is 114 cm³/mol. The monoisotopic (exact) mass is 392 g/mol. The maximum Gasteiger partial charge on any atom is 0.126 e. The van der Waals surface area contributed by atoms with Gasteiger partial charge in [0.1, 0.15) is 5.82 Å². The highest BCUT2D eigenvalue weighted by atomic mass is 35.5. The van der Waals surface area contributed by atoms with Gasteiger partial charge in [0.15, 0.2) is 0 Å². The van der Waals surface area contributed by atoms with Crippen molar-refractivity contribution >= 4 is 22.5 Å². The summed E-state index contributed by atoms with van der Waals surface area (Å²) in [6.07, 6.45) is 2.87. The molecule has 0 aliphatic heterocycles. The van der Waals surface area contributed by atoms with Crippen molar-refractivity contribution in [2.45, 2.75) is 19.5 Å². The Hall–Kier alpha value is -2.62. The molecule has 0 fully saturated rings. The minimum atomic E-state index is -0.137. The molecule has 2 nitrogen and oxygen atoms in total. The van der Waals surface area contributed by atoms with Gasteiger partial charge >= 0.3 is 0 Å². The minimum Gasteiger partial charge on any atom is -0.343 e. The minimum absolute atomic E-state index is 0.137. The van der Waals surface area contributed by atoms with Crippen LogP contribution in [0.15, 0.2) is 79.0 Å². The summed E-state index contributed by atoms with van der Waals surface area (Å²) in [6.45, 7) is 2.25. The van der Waals surface area contributed by atoms with E-state index in [0.717, 1.165) is 30.2 Å². The molecule has 3 aromatic carbocycles. The molecular weight excluding hydrogens is 371 g/mol. The zero-order valence-corrected chi connectivity index (χ0v) is 16.3. The number of para-hydroxylation sites is 1. The van der Waals surface area contributed by atoms with Gasteiger partial charge in [0, 0.05) is 35.2 Å². The van der Waals surface area contributed by atoms with E-state index in [0.29, 0.717) is 6.42 Å². The fourth-order valence-electron chi connectivity index (χ4n) is 3.57. The summed E-state index contributed by atoms with van der Waals surface area (Å²) in [7, 11) is 0. The summed E-state index contributed by atoms with van der Waals surface area (Å²) in [5, 5.41) is 5.45. The van der Waals surface area contributed by atoms with E-state index in [4.69, 9.17) is 11.6 Å². The first-order valence-corrected chi connectivity index (χ1v) is 9.84.